The fourth-order valence-corrected chi connectivity index (χ4v) is 4.72. The summed E-state index contributed by atoms with van der Waals surface area (Å²) in [7, 11) is 1.55. The Hall–Kier alpha value is -4.50. The van der Waals surface area contributed by atoms with Gasteiger partial charge in [0.1, 0.15) is 11.3 Å². The Balaban J connectivity index is 1.51. The van der Waals surface area contributed by atoms with Crippen molar-refractivity contribution < 1.29 is 14.3 Å². The van der Waals surface area contributed by atoms with Crippen LogP contribution in [0.2, 0.25) is 0 Å². The average molecular weight is 499 g/mol. The van der Waals surface area contributed by atoms with Crippen molar-refractivity contribution in [3.63, 3.8) is 0 Å². The van der Waals surface area contributed by atoms with E-state index >= 15 is 0 Å². The molecule has 2 aromatic rings. The number of fused-ring (bicyclic) bond motifs is 1. The van der Waals surface area contributed by atoms with E-state index in [-0.39, 0.29) is 16.5 Å². The number of carbonyl (C=O) groups excluding carboxylic acids is 1. The van der Waals surface area contributed by atoms with Crippen LogP contribution >= 0.6 is 11.3 Å². The molecule has 0 fully saturated rings. The smallest absolute Gasteiger partial charge is 0.283 e. The molecule has 0 aromatic heterocycles. The van der Waals surface area contributed by atoms with Crippen LogP contribution in [0, 0.1) is 12.3 Å². The Kier molecular flexibility index (Phi) is 6.22. The zero-order chi connectivity index (χ0) is 25.2. The molecule has 180 valence electrons. The van der Waals surface area contributed by atoms with Gasteiger partial charge in [0, 0.05) is 5.57 Å². The lowest BCUT2D eigenvalue weighted by atomic mass is 10.1. The number of aryl methyl sites for hydroxylation is 1. The molecule has 0 atom stereocenters. The van der Waals surface area contributed by atoms with Crippen LogP contribution in [-0.4, -0.2) is 27.7 Å². The van der Waals surface area contributed by atoms with E-state index in [1.165, 1.54) is 28.2 Å². The van der Waals surface area contributed by atoms with Crippen LogP contribution in [0.5, 0.6) is 11.5 Å². The zero-order valence-electron chi connectivity index (χ0n) is 19.6. The summed E-state index contributed by atoms with van der Waals surface area (Å²) in [6.07, 6.45) is 7.91. The van der Waals surface area contributed by atoms with Crippen LogP contribution in [0.15, 0.2) is 71.6 Å². The Labute approximate surface area is 209 Å². The van der Waals surface area contributed by atoms with Crippen LogP contribution in [0.4, 0.5) is 0 Å². The molecule has 8 nitrogen and oxygen atoms in total. The number of allylic oxidation sites excluding steroid dienone is 4. The van der Waals surface area contributed by atoms with Crippen LogP contribution in [0.25, 0.3) is 16.8 Å². The van der Waals surface area contributed by atoms with E-state index in [4.69, 9.17) is 14.9 Å². The molecule has 0 spiro atoms. The van der Waals surface area contributed by atoms with Crippen LogP contribution < -0.4 is 30.4 Å². The van der Waals surface area contributed by atoms with Crippen molar-refractivity contribution in [3.8, 4) is 16.6 Å². The second-order valence-corrected chi connectivity index (χ2v) is 9.17. The summed E-state index contributed by atoms with van der Waals surface area (Å²) < 4.78 is 13.6. The molecule has 9 heteroatoms. The first-order valence-corrected chi connectivity index (χ1v) is 11.9. The number of hydrogen-bond donors (Lipinski definition) is 2. The highest BCUT2D eigenvalue weighted by Gasteiger charge is 2.13. The van der Waals surface area contributed by atoms with E-state index < -0.39 is 5.56 Å². The number of ketones is 1. The van der Waals surface area contributed by atoms with Crippen molar-refractivity contribution in [1.82, 2.24) is 14.8 Å². The number of nitrogens with one attached hydrogen (secondary N) is 2. The van der Waals surface area contributed by atoms with Gasteiger partial charge in [0.2, 0.25) is 5.13 Å². The summed E-state index contributed by atoms with van der Waals surface area (Å²) in [6, 6.07) is 13.4. The lowest BCUT2D eigenvalue weighted by Crippen LogP contribution is -2.47. The molecule has 2 aromatic carbocycles. The van der Waals surface area contributed by atoms with Gasteiger partial charge in [-0.25, -0.2) is 4.68 Å². The molecule has 1 aliphatic carbocycles. The largest absolute Gasteiger partial charge is 0.493 e. The molecule has 3 aliphatic rings. The van der Waals surface area contributed by atoms with E-state index in [9.17, 15) is 9.59 Å². The highest BCUT2D eigenvalue weighted by molar-refractivity contribution is 7.11. The van der Waals surface area contributed by atoms with Crippen molar-refractivity contribution >= 4 is 28.8 Å². The third kappa shape index (κ3) is 4.69. The first-order chi connectivity index (χ1) is 17.4. The number of nitrogens with zero attached hydrogens (tertiary/aromatic N) is 2. The van der Waals surface area contributed by atoms with Gasteiger partial charge in [-0.2, -0.15) is 4.98 Å². The number of methoxy groups -OCH3 is 1. The first-order valence-electron chi connectivity index (χ1n) is 11.1. The van der Waals surface area contributed by atoms with Crippen molar-refractivity contribution in [3.05, 3.63) is 109 Å². The van der Waals surface area contributed by atoms with Crippen LogP contribution in [0.3, 0.4) is 0 Å². The van der Waals surface area contributed by atoms with Gasteiger partial charge in [-0.05, 0) is 60.6 Å². The molecule has 2 heterocycles. The van der Waals surface area contributed by atoms with E-state index in [1.807, 2.05) is 25.1 Å². The van der Waals surface area contributed by atoms with Gasteiger partial charge in [-0.1, -0.05) is 47.2 Å². The molecule has 2 N–H and O–H groups in total. The third-order valence-electron chi connectivity index (χ3n) is 5.60. The van der Waals surface area contributed by atoms with Crippen molar-refractivity contribution in [2.24, 2.45) is 0 Å². The quantitative estimate of drug-likeness (QED) is 0.438. The standard InChI is InChI=1S/C27H22N4O4S/c1-16-4-3-5-18(12-16)15-35-22-11-6-17(14-23(22)34-2)13-21-24(28)31-27(29-25(21)33)36-26(30-31)19-7-9-20(32)10-8-19/h3-14,28,30H,15H2,1-2H3/b21-13+,28-24?. The number of ether oxygens (including phenoxy) is 2. The van der Waals surface area contributed by atoms with Gasteiger partial charge in [0.15, 0.2) is 22.8 Å². The summed E-state index contributed by atoms with van der Waals surface area (Å²) in [5.41, 5.74) is 3.12. The second kappa shape index (κ2) is 9.63. The lowest BCUT2D eigenvalue weighted by Gasteiger charge is -2.12. The Morgan fingerprint density at radius 1 is 1.08 bits per heavy atom. The molecule has 0 bridgehead atoms. The highest BCUT2D eigenvalue weighted by atomic mass is 32.1. The molecule has 5 rings (SSSR count). The summed E-state index contributed by atoms with van der Waals surface area (Å²) in [5, 5.41) is 12.2. The third-order valence-corrected chi connectivity index (χ3v) is 6.58. The Morgan fingerprint density at radius 2 is 1.89 bits per heavy atom. The van der Waals surface area contributed by atoms with Gasteiger partial charge in [-0.3, -0.25) is 20.1 Å². The number of hydrogen-bond acceptors (Lipinski definition) is 7. The molecule has 36 heavy (non-hydrogen) atoms. The van der Waals surface area contributed by atoms with E-state index in [1.54, 1.807) is 43.5 Å². The maximum Gasteiger partial charge on any atom is 0.283 e. The molecule has 0 amide bonds. The molecule has 0 unspecified atom stereocenters. The predicted molar refractivity (Wildman–Crippen MR) is 137 cm³/mol. The number of carbonyl (C=O) groups is 1. The normalized spacial score (nSPS) is 13.6. The van der Waals surface area contributed by atoms with E-state index in [0.717, 1.165) is 16.7 Å². The number of rotatable bonds is 5. The maximum absolute atomic E-state index is 12.8. The fraction of sp³-hybridized carbons (Fsp3) is 0.111. The highest BCUT2D eigenvalue weighted by Crippen LogP contribution is 2.29. The average Bonchev–Trinajstić information content (AvgIpc) is 3.30. The van der Waals surface area contributed by atoms with Gasteiger partial charge >= 0.3 is 0 Å². The monoisotopic (exact) mass is 498 g/mol. The maximum atomic E-state index is 12.8. The van der Waals surface area contributed by atoms with Gasteiger partial charge in [-0.15, -0.1) is 0 Å². The minimum Gasteiger partial charge on any atom is -0.493 e. The molecular formula is C27H22N4O4S. The first kappa shape index (κ1) is 23.3. The predicted octanol–water partition coefficient (Wildman–Crippen LogP) is 2.11. The topological polar surface area (TPSA) is 110 Å². The van der Waals surface area contributed by atoms with Gasteiger partial charge in [0.05, 0.1) is 12.3 Å². The minimum absolute atomic E-state index is 0.0216. The summed E-state index contributed by atoms with van der Waals surface area (Å²) in [5.74, 6) is 1.00. The van der Waals surface area contributed by atoms with Crippen LogP contribution in [0.1, 0.15) is 16.7 Å². The molecule has 0 radical (unpaired) electrons. The lowest BCUT2D eigenvalue weighted by molar-refractivity contribution is -0.110. The van der Waals surface area contributed by atoms with Crippen molar-refractivity contribution in [2.75, 3.05) is 7.11 Å². The molecule has 0 saturated heterocycles. The number of benzene rings is 2. The Bertz CT molecular complexity index is 1740. The fourth-order valence-electron chi connectivity index (χ4n) is 3.79. The number of H-pyrrole nitrogens is 1. The summed E-state index contributed by atoms with van der Waals surface area (Å²) in [4.78, 5) is 28.3. The van der Waals surface area contributed by atoms with Crippen molar-refractivity contribution in [1.29, 1.82) is 5.41 Å². The van der Waals surface area contributed by atoms with Crippen LogP contribution in [-0.2, 0) is 11.4 Å². The molecular weight excluding hydrogens is 476 g/mol. The second-order valence-electron chi connectivity index (χ2n) is 8.20. The Morgan fingerprint density at radius 3 is 2.64 bits per heavy atom. The van der Waals surface area contributed by atoms with E-state index in [0.29, 0.717) is 33.5 Å². The molecule has 0 saturated carbocycles. The number of aromatic amines is 1. The zero-order valence-corrected chi connectivity index (χ0v) is 20.4. The van der Waals surface area contributed by atoms with Crippen molar-refractivity contribution in [2.45, 2.75) is 13.5 Å². The SMILES string of the molecule is COc1cc(/C=c2/c(=O)nc3sc(=C4C=CC(=O)C=C4)[nH]n-3c2=N)ccc1OCc1cccc(C)c1. The number of aromatic nitrogens is 3. The summed E-state index contributed by atoms with van der Waals surface area (Å²) >= 11 is 1.24. The minimum atomic E-state index is -0.504. The molecule has 2 aliphatic heterocycles. The van der Waals surface area contributed by atoms with Gasteiger partial charge < -0.3 is 9.47 Å². The van der Waals surface area contributed by atoms with Gasteiger partial charge in [0.25, 0.3) is 5.56 Å². The summed E-state index contributed by atoms with van der Waals surface area (Å²) in [6.45, 7) is 2.43. The van der Waals surface area contributed by atoms with E-state index in [2.05, 4.69) is 16.1 Å².